The topological polar surface area (TPSA) is 115 Å². The van der Waals surface area contributed by atoms with E-state index in [4.69, 9.17) is 9.26 Å². The van der Waals surface area contributed by atoms with Gasteiger partial charge in [-0.15, -0.1) is 0 Å². The number of hydrogen-bond acceptors (Lipinski definition) is 7. The molecule has 2 aromatic rings. The Morgan fingerprint density at radius 1 is 1.25 bits per heavy atom. The van der Waals surface area contributed by atoms with E-state index < -0.39 is 10.0 Å². The molecule has 1 aromatic heterocycles. The van der Waals surface area contributed by atoms with Crippen LogP contribution in [0.2, 0.25) is 0 Å². The van der Waals surface area contributed by atoms with Gasteiger partial charge in [0.2, 0.25) is 27.6 Å². The lowest BCUT2D eigenvalue weighted by molar-refractivity contribution is -0.126. The first-order valence-electron chi connectivity index (χ1n) is 11.2. The molecular formula is C22H30N4O5S. The smallest absolute Gasteiger partial charge is 0.243 e. The van der Waals surface area contributed by atoms with Gasteiger partial charge in [0.25, 0.3) is 0 Å². The van der Waals surface area contributed by atoms with E-state index in [-0.39, 0.29) is 22.8 Å². The summed E-state index contributed by atoms with van der Waals surface area (Å²) in [4.78, 5) is 17.0. The minimum Gasteiger partial charge on any atom is -0.376 e. The third-order valence-corrected chi connectivity index (χ3v) is 8.23. The van der Waals surface area contributed by atoms with Gasteiger partial charge in [0.05, 0.1) is 11.0 Å². The highest BCUT2D eigenvalue weighted by molar-refractivity contribution is 7.89. The molecule has 2 fully saturated rings. The fraction of sp³-hybridized carbons (Fsp3) is 0.591. The third kappa shape index (κ3) is 4.87. The van der Waals surface area contributed by atoms with Crippen LogP contribution in [0.3, 0.4) is 0 Å². The average Bonchev–Trinajstić information content (AvgIpc) is 3.50. The van der Waals surface area contributed by atoms with Crippen LogP contribution in [0.5, 0.6) is 0 Å². The molecule has 1 atom stereocenters. The van der Waals surface area contributed by atoms with E-state index in [1.54, 1.807) is 25.1 Å². The predicted molar refractivity (Wildman–Crippen MR) is 117 cm³/mol. The summed E-state index contributed by atoms with van der Waals surface area (Å²) in [6.07, 6.45) is 3.71. The molecule has 0 bridgehead atoms. The van der Waals surface area contributed by atoms with Gasteiger partial charge in [-0.2, -0.15) is 9.29 Å². The van der Waals surface area contributed by atoms with Crippen molar-refractivity contribution in [1.82, 2.24) is 19.8 Å². The molecule has 0 radical (unpaired) electrons. The molecule has 1 amide bonds. The molecule has 10 heteroatoms. The van der Waals surface area contributed by atoms with Gasteiger partial charge in [0.15, 0.2) is 0 Å². The molecule has 174 valence electrons. The van der Waals surface area contributed by atoms with Crippen molar-refractivity contribution < 1.29 is 22.5 Å². The predicted octanol–water partition coefficient (Wildman–Crippen LogP) is 2.30. The highest BCUT2D eigenvalue weighted by Crippen LogP contribution is 2.29. The first kappa shape index (κ1) is 22.9. The fourth-order valence-corrected chi connectivity index (χ4v) is 5.91. The maximum atomic E-state index is 13.4. The van der Waals surface area contributed by atoms with Crippen molar-refractivity contribution in [3.05, 3.63) is 29.7 Å². The Bertz CT molecular complexity index is 1050. The van der Waals surface area contributed by atoms with Crippen LogP contribution in [0.15, 0.2) is 27.6 Å². The maximum absolute atomic E-state index is 13.4. The lowest BCUT2D eigenvalue weighted by Crippen LogP contribution is -2.44. The largest absolute Gasteiger partial charge is 0.376 e. The second-order valence-electron chi connectivity index (χ2n) is 8.40. The summed E-state index contributed by atoms with van der Waals surface area (Å²) in [5, 5.41) is 6.92. The Balaban J connectivity index is 1.41. The molecule has 0 saturated carbocycles. The Morgan fingerprint density at radius 2 is 2.03 bits per heavy atom. The van der Waals surface area contributed by atoms with E-state index in [1.807, 2.05) is 6.92 Å². The number of carbonyl (C=O) groups excluding carboxylic acids is 1. The summed E-state index contributed by atoms with van der Waals surface area (Å²) in [5.41, 5.74) is 1.26. The highest BCUT2D eigenvalue weighted by Gasteiger charge is 2.33. The lowest BCUT2D eigenvalue weighted by Gasteiger charge is -2.31. The molecule has 2 saturated heterocycles. The van der Waals surface area contributed by atoms with Crippen LogP contribution in [-0.2, 0) is 26.0 Å². The number of nitrogens with one attached hydrogen (secondary N) is 1. The van der Waals surface area contributed by atoms with Crippen LogP contribution < -0.4 is 5.32 Å². The number of rotatable bonds is 7. The van der Waals surface area contributed by atoms with Gasteiger partial charge in [-0.3, -0.25) is 4.79 Å². The molecule has 1 unspecified atom stereocenters. The number of piperidine rings is 1. The second kappa shape index (κ2) is 9.68. The summed E-state index contributed by atoms with van der Waals surface area (Å²) < 4.78 is 38.9. The zero-order chi connectivity index (χ0) is 22.7. The molecule has 1 N–H and O–H groups in total. The zero-order valence-corrected chi connectivity index (χ0v) is 19.4. The van der Waals surface area contributed by atoms with Gasteiger partial charge in [-0.1, -0.05) is 24.2 Å². The Morgan fingerprint density at radius 3 is 2.69 bits per heavy atom. The van der Waals surface area contributed by atoms with Crippen LogP contribution >= 0.6 is 0 Å². The molecular weight excluding hydrogens is 432 g/mol. The van der Waals surface area contributed by atoms with Gasteiger partial charge in [0, 0.05) is 44.1 Å². The summed E-state index contributed by atoms with van der Waals surface area (Å²) in [7, 11) is -3.70. The van der Waals surface area contributed by atoms with Gasteiger partial charge >= 0.3 is 0 Å². The number of aryl methyl sites for hydroxylation is 2. The van der Waals surface area contributed by atoms with Crippen LogP contribution in [0.1, 0.15) is 44.1 Å². The van der Waals surface area contributed by atoms with E-state index in [2.05, 4.69) is 15.5 Å². The quantitative estimate of drug-likeness (QED) is 0.671. The lowest BCUT2D eigenvalue weighted by atomic mass is 9.97. The Kier molecular flexibility index (Phi) is 6.92. The number of amides is 1. The molecule has 2 aliphatic rings. The van der Waals surface area contributed by atoms with Crippen molar-refractivity contribution in [2.45, 2.75) is 57.0 Å². The third-order valence-electron chi connectivity index (χ3n) is 6.19. The Hall–Kier alpha value is -2.30. The van der Waals surface area contributed by atoms with Crippen LogP contribution in [-0.4, -0.2) is 61.1 Å². The summed E-state index contributed by atoms with van der Waals surface area (Å²) in [5.74, 6) is 0.686. The molecule has 1 aromatic carbocycles. The average molecular weight is 463 g/mol. The Labute approximate surface area is 188 Å². The van der Waals surface area contributed by atoms with E-state index in [0.29, 0.717) is 61.7 Å². The molecule has 3 heterocycles. The molecule has 4 rings (SSSR count). The van der Waals surface area contributed by atoms with Gasteiger partial charge in [0.1, 0.15) is 0 Å². The van der Waals surface area contributed by atoms with Crippen LogP contribution in [0.4, 0.5) is 0 Å². The number of nitrogens with zero attached hydrogens (tertiary/aromatic N) is 3. The van der Waals surface area contributed by atoms with E-state index >= 15 is 0 Å². The van der Waals surface area contributed by atoms with E-state index in [0.717, 1.165) is 19.4 Å². The first-order valence-corrected chi connectivity index (χ1v) is 12.7. The summed E-state index contributed by atoms with van der Waals surface area (Å²) >= 11 is 0. The highest BCUT2D eigenvalue weighted by atomic mass is 32.2. The van der Waals surface area contributed by atoms with Crippen LogP contribution in [0, 0.1) is 12.8 Å². The standard InChI is InChI=1S/C22H30N4O5S/c1-3-20-24-21(25-31-20)17-7-6-15(2)19(13-17)32(28,29)26-10-8-16(9-11-26)22(27)23-14-18-5-4-12-30-18/h6-7,13,16,18H,3-5,8-12,14H2,1-2H3,(H,23,27). The zero-order valence-electron chi connectivity index (χ0n) is 18.5. The normalized spacial score (nSPS) is 20.5. The second-order valence-corrected chi connectivity index (χ2v) is 10.3. The van der Waals surface area contributed by atoms with Crippen molar-refractivity contribution in [2.24, 2.45) is 5.92 Å². The molecule has 32 heavy (non-hydrogen) atoms. The van der Waals surface area contributed by atoms with Crippen molar-refractivity contribution >= 4 is 15.9 Å². The number of sulfonamides is 1. The minimum absolute atomic E-state index is 0.0143. The number of hydrogen-bond donors (Lipinski definition) is 1. The summed E-state index contributed by atoms with van der Waals surface area (Å²) in [6, 6.07) is 5.16. The van der Waals surface area contributed by atoms with Crippen molar-refractivity contribution in [3.8, 4) is 11.4 Å². The van der Waals surface area contributed by atoms with E-state index in [9.17, 15) is 13.2 Å². The molecule has 0 spiro atoms. The summed E-state index contributed by atoms with van der Waals surface area (Å²) in [6.45, 7) is 5.59. The SMILES string of the molecule is CCc1nc(-c2ccc(C)c(S(=O)(=O)N3CCC(C(=O)NCC4CCCO4)CC3)c2)no1. The number of carbonyl (C=O) groups is 1. The van der Waals surface area contributed by atoms with Crippen molar-refractivity contribution in [1.29, 1.82) is 0 Å². The van der Waals surface area contributed by atoms with Crippen molar-refractivity contribution in [2.75, 3.05) is 26.2 Å². The number of ether oxygens (including phenoxy) is 1. The van der Waals surface area contributed by atoms with E-state index in [1.165, 1.54) is 4.31 Å². The van der Waals surface area contributed by atoms with Gasteiger partial charge in [-0.25, -0.2) is 8.42 Å². The van der Waals surface area contributed by atoms with Crippen molar-refractivity contribution in [3.63, 3.8) is 0 Å². The van der Waals surface area contributed by atoms with Crippen LogP contribution in [0.25, 0.3) is 11.4 Å². The van der Waals surface area contributed by atoms with Gasteiger partial charge in [-0.05, 0) is 44.2 Å². The molecule has 2 aliphatic heterocycles. The molecule has 9 nitrogen and oxygen atoms in total. The maximum Gasteiger partial charge on any atom is 0.243 e. The minimum atomic E-state index is -3.70. The molecule has 0 aliphatic carbocycles. The number of benzene rings is 1. The number of aromatic nitrogens is 2. The monoisotopic (exact) mass is 462 g/mol. The first-order chi connectivity index (χ1) is 15.4. The van der Waals surface area contributed by atoms with Gasteiger partial charge < -0.3 is 14.6 Å². The fourth-order valence-electron chi connectivity index (χ4n) is 4.19.